The van der Waals surface area contributed by atoms with Gasteiger partial charge in [0.25, 0.3) is 11.0 Å². The number of ether oxygens (including phenoxy) is 1. The van der Waals surface area contributed by atoms with Gasteiger partial charge in [-0.1, -0.05) is 0 Å². The number of amides is 1. The summed E-state index contributed by atoms with van der Waals surface area (Å²) in [7, 11) is 0. The normalized spacial score (nSPS) is 9.33. The molecular formula is C8H12ClN3O5S. The van der Waals surface area contributed by atoms with Crippen LogP contribution in [0.5, 0.6) is 0 Å². The molecule has 0 unspecified atom stereocenters. The molecule has 10 heteroatoms. The Bertz CT molecular complexity index is 362. The zero-order valence-corrected chi connectivity index (χ0v) is 10.9. The summed E-state index contributed by atoms with van der Waals surface area (Å²) in [5.74, 6) is -0.267. The number of hydrogen-bond acceptors (Lipinski definition) is 7. The van der Waals surface area contributed by atoms with E-state index in [1.165, 1.54) is 11.3 Å². The van der Waals surface area contributed by atoms with Crippen molar-refractivity contribution < 1.29 is 19.5 Å². The number of carbonyl (C=O) groups is 1. The molecule has 0 aliphatic carbocycles. The molecule has 0 atom stereocenters. The summed E-state index contributed by atoms with van der Waals surface area (Å²) in [6, 6.07) is 0. The van der Waals surface area contributed by atoms with Gasteiger partial charge in [-0.3, -0.25) is 4.79 Å². The molecule has 0 fully saturated rings. The predicted molar refractivity (Wildman–Crippen MR) is 65.5 cm³/mol. The van der Waals surface area contributed by atoms with Crippen LogP contribution in [0.1, 0.15) is 10.5 Å². The SMILES string of the molecule is Cl.O=C(NCCOCCO[N+](=O)[O-])c1cscn1. The molecular weight excluding hydrogens is 286 g/mol. The second kappa shape index (κ2) is 9.57. The highest BCUT2D eigenvalue weighted by molar-refractivity contribution is 7.07. The first-order chi connectivity index (χ1) is 8.20. The van der Waals surface area contributed by atoms with E-state index in [0.29, 0.717) is 12.2 Å². The molecule has 1 aromatic rings. The minimum atomic E-state index is -0.882. The largest absolute Gasteiger partial charge is 0.378 e. The molecule has 1 aromatic heterocycles. The standard InChI is InChI=1S/C8H11N3O5S.ClH/c12-8(7-5-17-6-10-7)9-1-2-15-3-4-16-11(13)14;/h5-6H,1-4H2,(H,9,12);1H. The van der Waals surface area contributed by atoms with Crippen molar-refractivity contribution in [2.75, 3.05) is 26.4 Å². The molecule has 1 amide bonds. The molecule has 0 aliphatic heterocycles. The molecule has 18 heavy (non-hydrogen) atoms. The highest BCUT2D eigenvalue weighted by atomic mass is 35.5. The maximum absolute atomic E-state index is 11.3. The van der Waals surface area contributed by atoms with Gasteiger partial charge in [0.2, 0.25) is 0 Å². The van der Waals surface area contributed by atoms with Crippen molar-refractivity contribution in [3.05, 3.63) is 26.7 Å². The minimum absolute atomic E-state index is 0. The van der Waals surface area contributed by atoms with Crippen molar-refractivity contribution in [2.24, 2.45) is 0 Å². The number of thiazole rings is 1. The van der Waals surface area contributed by atoms with E-state index in [1.807, 2.05) is 0 Å². The van der Waals surface area contributed by atoms with Crippen molar-refractivity contribution in [1.82, 2.24) is 10.3 Å². The average Bonchev–Trinajstić information content (AvgIpc) is 2.80. The maximum Gasteiger partial charge on any atom is 0.294 e. The van der Waals surface area contributed by atoms with Gasteiger partial charge in [-0.25, -0.2) is 4.98 Å². The number of nitrogens with zero attached hydrogens (tertiary/aromatic N) is 2. The first-order valence-electron chi connectivity index (χ1n) is 4.71. The van der Waals surface area contributed by atoms with Gasteiger partial charge < -0.3 is 14.9 Å². The van der Waals surface area contributed by atoms with Gasteiger partial charge in [0.1, 0.15) is 12.3 Å². The highest BCUT2D eigenvalue weighted by Gasteiger charge is 2.05. The quantitative estimate of drug-likeness (QED) is 0.426. The summed E-state index contributed by atoms with van der Waals surface area (Å²) >= 11 is 1.34. The van der Waals surface area contributed by atoms with Crippen LogP contribution >= 0.6 is 23.7 Å². The molecule has 0 spiro atoms. The van der Waals surface area contributed by atoms with Crippen molar-refractivity contribution in [2.45, 2.75) is 0 Å². The Labute approximate surface area is 113 Å². The Kier molecular flexibility index (Phi) is 8.80. The van der Waals surface area contributed by atoms with Gasteiger partial charge in [-0.15, -0.1) is 33.9 Å². The lowest BCUT2D eigenvalue weighted by Crippen LogP contribution is -2.27. The van der Waals surface area contributed by atoms with Crippen LogP contribution in [0.2, 0.25) is 0 Å². The molecule has 8 nitrogen and oxygen atoms in total. The van der Waals surface area contributed by atoms with Gasteiger partial charge in [0, 0.05) is 11.9 Å². The summed E-state index contributed by atoms with van der Waals surface area (Å²) in [5, 5.41) is 13.1. The second-order valence-electron chi connectivity index (χ2n) is 2.80. The van der Waals surface area contributed by atoms with Gasteiger partial charge in [0.15, 0.2) is 0 Å². The van der Waals surface area contributed by atoms with Crippen molar-refractivity contribution in [3.63, 3.8) is 0 Å². The van der Waals surface area contributed by atoms with Crippen LogP contribution in [0.4, 0.5) is 0 Å². The molecule has 0 aliphatic rings. The Morgan fingerprint density at radius 3 is 2.89 bits per heavy atom. The topological polar surface area (TPSA) is 104 Å². The second-order valence-corrected chi connectivity index (χ2v) is 3.52. The molecule has 0 bridgehead atoms. The van der Waals surface area contributed by atoms with Crippen LogP contribution in [0, 0.1) is 10.1 Å². The van der Waals surface area contributed by atoms with Crippen molar-refractivity contribution in [1.29, 1.82) is 0 Å². The fraction of sp³-hybridized carbons (Fsp3) is 0.500. The van der Waals surface area contributed by atoms with E-state index < -0.39 is 5.09 Å². The minimum Gasteiger partial charge on any atom is -0.378 e. The average molecular weight is 298 g/mol. The van der Waals surface area contributed by atoms with Crippen molar-refractivity contribution >= 4 is 29.7 Å². The molecule has 0 radical (unpaired) electrons. The van der Waals surface area contributed by atoms with E-state index in [2.05, 4.69) is 15.1 Å². The van der Waals surface area contributed by atoms with Crippen molar-refractivity contribution in [3.8, 4) is 0 Å². The first kappa shape index (κ1) is 16.6. The number of carbonyl (C=O) groups excluding carboxylic acids is 1. The van der Waals surface area contributed by atoms with Gasteiger partial charge >= 0.3 is 0 Å². The maximum atomic E-state index is 11.3. The van der Waals surface area contributed by atoms with E-state index in [1.54, 1.807) is 10.9 Å². The third-order valence-electron chi connectivity index (χ3n) is 1.62. The number of aromatic nitrogens is 1. The third kappa shape index (κ3) is 6.99. The fourth-order valence-corrected chi connectivity index (χ4v) is 1.46. The van der Waals surface area contributed by atoms with Crippen LogP contribution < -0.4 is 5.32 Å². The Morgan fingerprint density at radius 1 is 1.50 bits per heavy atom. The van der Waals surface area contributed by atoms with Crippen LogP contribution in [0.3, 0.4) is 0 Å². The Morgan fingerprint density at radius 2 is 2.28 bits per heavy atom. The highest BCUT2D eigenvalue weighted by Crippen LogP contribution is 1.99. The summed E-state index contributed by atoms with van der Waals surface area (Å²) in [6.45, 7) is 0.562. The molecule has 0 saturated heterocycles. The fourth-order valence-electron chi connectivity index (χ4n) is 0.925. The van der Waals surface area contributed by atoms with E-state index in [0.717, 1.165) is 0 Å². The van der Waals surface area contributed by atoms with Gasteiger partial charge in [-0.2, -0.15) is 0 Å². The number of halogens is 1. The Hall–Kier alpha value is -1.45. The van der Waals surface area contributed by atoms with E-state index in [-0.39, 0.29) is 38.1 Å². The van der Waals surface area contributed by atoms with Gasteiger partial charge in [0.05, 0.1) is 18.7 Å². The van der Waals surface area contributed by atoms with E-state index in [9.17, 15) is 14.9 Å². The van der Waals surface area contributed by atoms with Crippen LogP contribution in [0.25, 0.3) is 0 Å². The third-order valence-corrected chi connectivity index (χ3v) is 2.21. The zero-order valence-electron chi connectivity index (χ0n) is 9.24. The Balaban J connectivity index is 0.00000289. The summed E-state index contributed by atoms with van der Waals surface area (Å²) in [5.41, 5.74) is 1.94. The lowest BCUT2D eigenvalue weighted by atomic mass is 10.4. The smallest absolute Gasteiger partial charge is 0.294 e. The predicted octanol–water partition coefficient (Wildman–Crippen LogP) is 0.520. The van der Waals surface area contributed by atoms with E-state index in [4.69, 9.17) is 4.74 Å². The summed E-state index contributed by atoms with van der Waals surface area (Å²) in [6.07, 6.45) is 0. The zero-order chi connectivity index (χ0) is 12.5. The number of rotatable bonds is 8. The van der Waals surface area contributed by atoms with E-state index >= 15 is 0 Å². The van der Waals surface area contributed by atoms with Crippen LogP contribution in [0.15, 0.2) is 10.9 Å². The molecule has 1 rings (SSSR count). The monoisotopic (exact) mass is 297 g/mol. The number of hydrogen-bond donors (Lipinski definition) is 1. The van der Waals surface area contributed by atoms with Crippen LogP contribution in [-0.2, 0) is 9.57 Å². The molecule has 0 saturated carbocycles. The molecule has 1 heterocycles. The van der Waals surface area contributed by atoms with Gasteiger partial charge in [-0.05, 0) is 0 Å². The summed E-state index contributed by atoms with van der Waals surface area (Å²) in [4.78, 5) is 29.0. The van der Waals surface area contributed by atoms with Crippen LogP contribution in [-0.4, -0.2) is 42.3 Å². The molecule has 1 N–H and O–H groups in total. The molecule has 102 valence electrons. The number of nitrogens with one attached hydrogen (secondary N) is 1. The summed E-state index contributed by atoms with van der Waals surface area (Å²) < 4.78 is 4.99. The molecule has 0 aromatic carbocycles. The lowest BCUT2D eigenvalue weighted by molar-refractivity contribution is -0.758. The first-order valence-corrected chi connectivity index (χ1v) is 5.66. The lowest BCUT2D eigenvalue weighted by Gasteiger charge is -2.04.